The molecule has 3 rings (SSSR count). The Morgan fingerprint density at radius 2 is 2.24 bits per heavy atom. The van der Waals surface area contributed by atoms with Crippen molar-refractivity contribution in [3.05, 3.63) is 36.0 Å². The van der Waals surface area contributed by atoms with Gasteiger partial charge < -0.3 is 21.4 Å². The number of alkyl halides is 2. The Labute approximate surface area is 191 Å². The van der Waals surface area contributed by atoms with Gasteiger partial charge in [0, 0.05) is 31.6 Å². The second-order valence-electron chi connectivity index (χ2n) is 7.98. The number of hydrogen-bond acceptors (Lipinski definition) is 8. The van der Waals surface area contributed by atoms with E-state index >= 15 is 0 Å². The third-order valence-electron chi connectivity index (χ3n) is 5.73. The Morgan fingerprint density at radius 1 is 1.45 bits per heavy atom. The molecule has 11 heteroatoms. The van der Waals surface area contributed by atoms with Gasteiger partial charge in [-0.3, -0.25) is 4.79 Å². The largest absolute Gasteiger partial charge is 0.365 e. The standard InChI is InChI=1S/C22H28F2N8O/c1-3-14-6-5-9-22(23,24)18(14)32(2)21-27-13-17(19(26)33)20(30-21)29-15-7-4-8-16(12-15)31-28-11-10-25/h4,7-8,10,12-14,18,25H,3,5-6,9,11H2,1-2H3,(H2,26,33)(H,27,29,30). The number of nitrogens with zero attached hydrogens (tertiary/aromatic N) is 5. The number of nitrogens with two attached hydrogens (primary N) is 1. The van der Waals surface area contributed by atoms with E-state index in [-0.39, 0.29) is 36.2 Å². The monoisotopic (exact) mass is 458 g/mol. The summed E-state index contributed by atoms with van der Waals surface area (Å²) in [6.45, 7) is 2.07. The van der Waals surface area contributed by atoms with Gasteiger partial charge in [0.1, 0.15) is 11.4 Å². The van der Waals surface area contributed by atoms with E-state index in [1.54, 1.807) is 31.3 Å². The number of nitrogens with one attached hydrogen (secondary N) is 2. The van der Waals surface area contributed by atoms with Gasteiger partial charge in [-0.25, -0.2) is 13.8 Å². The summed E-state index contributed by atoms with van der Waals surface area (Å²) >= 11 is 0. The third kappa shape index (κ3) is 5.65. The van der Waals surface area contributed by atoms with Crippen molar-refractivity contribution in [3.8, 4) is 0 Å². The lowest BCUT2D eigenvalue weighted by Gasteiger charge is -2.42. The molecule has 2 unspecified atom stereocenters. The van der Waals surface area contributed by atoms with Crippen molar-refractivity contribution in [3.63, 3.8) is 0 Å². The van der Waals surface area contributed by atoms with Gasteiger partial charge in [0.05, 0.1) is 18.3 Å². The number of hydrogen-bond donors (Lipinski definition) is 3. The molecule has 4 N–H and O–H groups in total. The molecule has 1 aliphatic rings. The van der Waals surface area contributed by atoms with Gasteiger partial charge in [0.25, 0.3) is 11.8 Å². The molecule has 0 saturated heterocycles. The summed E-state index contributed by atoms with van der Waals surface area (Å²) in [4.78, 5) is 21.9. The molecule has 1 saturated carbocycles. The van der Waals surface area contributed by atoms with Crippen LogP contribution < -0.4 is 16.0 Å². The van der Waals surface area contributed by atoms with Gasteiger partial charge >= 0.3 is 0 Å². The zero-order chi connectivity index (χ0) is 24.0. The van der Waals surface area contributed by atoms with Crippen molar-refractivity contribution in [2.24, 2.45) is 21.9 Å². The Hall–Kier alpha value is -3.50. The Morgan fingerprint density at radius 3 is 2.94 bits per heavy atom. The smallest absolute Gasteiger partial charge is 0.268 e. The fraction of sp³-hybridized carbons (Fsp3) is 0.455. The summed E-state index contributed by atoms with van der Waals surface area (Å²) in [5.41, 5.74) is 6.60. The second-order valence-corrected chi connectivity index (χ2v) is 7.98. The van der Waals surface area contributed by atoms with Crippen LogP contribution in [0.15, 0.2) is 40.7 Å². The molecule has 0 aliphatic heterocycles. The fourth-order valence-corrected chi connectivity index (χ4v) is 4.17. The highest BCUT2D eigenvalue weighted by molar-refractivity contribution is 5.98. The molecule has 33 heavy (non-hydrogen) atoms. The van der Waals surface area contributed by atoms with Gasteiger partial charge in [-0.05, 0) is 37.0 Å². The van der Waals surface area contributed by atoms with Crippen molar-refractivity contribution in [2.75, 3.05) is 23.8 Å². The molecule has 1 aromatic heterocycles. The molecule has 0 bridgehead atoms. The molecule has 176 valence electrons. The zero-order valence-electron chi connectivity index (χ0n) is 18.6. The molecule has 1 aliphatic carbocycles. The normalized spacial score (nSPS) is 19.9. The number of rotatable bonds is 9. The first kappa shape index (κ1) is 24.1. The van der Waals surface area contributed by atoms with Crippen LogP contribution in [0.5, 0.6) is 0 Å². The van der Waals surface area contributed by atoms with E-state index in [1.807, 2.05) is 6.92 Å². The summed E-state index contributed by atoms with van der Waals surface area (Å²) in [5.74, 6) is -3.63. The second kappa shape index (κ2) is 10.4. The molecule has 1 aromatic carbocycles. The summed E-state index contributed by atoms with van der Waals surface area (Å²) in [5, 5.41) is 17.9. The van der Waals surface area contributed by atoms with Crippen molar-refractivity contribution < 1.29 is 13.6 Å². The van der Waals surface area contributed by atoms with Crippen LogP contribution in [-0.4, -0.2) is 47.6 Å². The number of halogens is 2. The number of anilines is 3. The number of benzene rings is 1. The predicted octanol–water partition coefficient (Wildman–Crippen LogP) is 4.70. The Balaban J connectivity index is 1.94. The minimum absolute atomic E-state index is 0.0328. The van der Waals surface area contributed by atoms with Crippen LogP contribution in [0.4, 0.5) is 31.9 Å². The van der Waals surface area contributed by atoms with Crippen LogP contribution in [0, 0.1) is 11.3 Å². The van der Waals surface area contributed by atoms with E-state index < -0.39 is 17.9 Å². The first-order valence-corrected chi connectivity index (χ1v) is 10.8. The molecule has 1 heterocycles. The quantitative estimate of drug-likeness (QED) is 0.370. The topological polar surface area (TPSA) is 133 Å². The number of aromatic nitrogens is 2. The first-order valence-electron chi connectivity index (χ1n) is 10.8. The number of azo groups is 1. The van der Waals surface area contributed by atoms with Crippen molar-refractivity contribution in [1.82, 2.24) is 9.97 Å². The van der Waals surface area contributed by atoms with Crippen LogP contribution in [0.2, 0.25) is 0 Å². The molecule has 1 amide bonds. The van der Waals surface area contributed by atoms with Gasteiger partial charge in [-0.1, -0.05) is 19.4 Å². The highest BCUT2D eigenvalue weighted by Crippen LogP contribution is 2.42. The van der Waals surface area contributed by atoms with Gasteiger partial charge in [-0.2, -0.15) is 15.2 Å². The first-order chi connectivity index (χ1) is 15.8. The van der Waals surface area contributed by atoms with Crippen LogP contribution >= 0.6 is 0 Å². The zero-order valence-corrected chi connectivity index (χ0v) is 18.6. The molecule has 0 radical (unpaired) electrons. The molecule has 0 spiro atoms. The van der Waals surface area contributed by atoms with E-state index in [0.29, 0.717) is 30.6 Å². The minimum Gasteiger partial charge on any atom is -0.365 e. The number of primary amides is 1. The lowest BCUT2D eigenvalue weighted by molar-refractivity contribution is -0.0738. The predicted molar refractivity (Wildman–Crippen MR) is 123 cm³/mol. The van der Waals surface area contributed by atoms with E-state index in [2.05, 4.69) is 25.5 Å². The van der Waals surface area contributed by atoms with E-state index in [1.165, 1.54) is 11.1 Å². The maximum atomic E-state index is 14.8. The van der Waals surface area contributed by atoms with Crippen molar-refractivity contribution in [2.45, 2.75) is 44.6 Å². The Bertz CT molecular complexity index is 1030. The molecule has 1 fully saturated rings. The van der Waals surface area contributed by atoms with Crippen molar-refractivity contribution in [1.29, 1.82) is 5.41 Å². The molecule has 2 aromatic rings. The average Bonchev–Trinajstić information content (AvgIpc) is 2.78. The summed E-state index contributed by atoms with van der Waals surface area (Å²) in [6.07, 6.45) is 4.01. The summed E-state index contributed by atoms with van der Waals surface area (Å²) < 4.78 is 29.7. The van der Waals surface area contributed by atoms with Crippen LogP contribution in [-0.2, 0) is 0 Å². The van der Waals surface area contributed by atoms with Gasteiger partial charge in [0.2, 0.25) is 5.95 Å². The maximum absolute atomic E-state index is 14.8. The highest BCUT2D eigenvalue weighted by atomic mass is 19.3. The number of carbonyl (C=O) groups excluding carboxylic acids is 1. The minimum atomic E-state index is -2.87. The lowest BCUT2D eigenvalue weighted by Crippen LogP contribution is -2.53. The van der Waals surface area contributed by atoms with Crippen molar-refractivity contribution >= 4 is 35.3 Å². The highest BCUT2D eigenvalue weighted by Gasteiger charge is 2.49. The molecular formula is C22H28F2N8O. The van der Waals surface area contributed by atoms with Crippen LogP contribution in [0.1, 0.15) is 43.0 Å². The van der Waals surface area contributed by atoms with Crippen LogP contribution in [0.3, 0.4) is 0 Å². The molecule has 9 nitrogen and oxygen atoms in total. The molecule has 2 atom stereocenters. The number of amides is 1. The fourth-order valence-electron chi connectivity index (χ4n) is 4.17. The van der Waals surface area contributed by atoms with E-state index in [0.717, 1.165) is 6.21 Å². The van der Waals surface area contributed by atoms with E-state index in [9.17, 15) is 13.6 Å². The van der Waals surface area contributed by atoms with E-state index in [4.69, 9.17) is 11.1 Å². The summed E-state index contributed by atoms with van der Waals surface area (Å²) in [7, 11) is 1.56. The lowest BCUT2D eigenvalue weighted by atomic mass is 9.79. The third-order valence-corrected chi connectivity index (χ3v) is 5.73. The van der Waals surface area contributed by atoms with Gasteiger partial charge in [0.15, 0.2) is 0 Å². The van der Waals surface area contributed by atoms with Gasteiger partial charge in [-0.15, -0.1) is 0 Å². The van der Waals surface area contributed by atoms with Crippen LogP contribution in [0.25, 0.3) is 0 Å². The number of carbonyl (C=O) groups is 1. The average molecular weight is 459 g/mol. The summed E-state index contributed by atoms with van der Waals surface area (Å²) in [6, 6.07) is 5.82. The molecular weight excluding hydrogens is 430 g/mol. The maximum Gasteiger partial charge on any atom is 0.268 e. The SMILES string of the molecule is CCC1CCCC(F)(F)C1N(C)c1ncc(C(N)=O)c(Nc2cccc(N=NCC=N)c2)n1. The Kier molecular flexibility index (Phi) is 7.62.